The van der Waals surface area contributed by atoms with E-state index < -0.39 is 0 Å². The predicted octanol–water partition coefficient (Wildman–Crippen LogP) is 4.78. The Hall–Kier alpha value is -3.55. The second kappa shape index (κ2) is 10.6. The lowest BCUT2D eigenvalue weighted by atomic mass is 10.0. The van der Waals surface area contributed by atoms with E-state index in [2.05, 4.69) is 81.5 Å². The summed E-state index contributed by atoms with van der Waals surface area (Å²) >= 11 is 0. The molecule has 186 valence electrons. The largest absolute Gasteiger partial charge is 0.373 e. The van der Waals surface area contributed by atoms with Crippen molar-refractivity contribution in [1.82, 2.24) is 29.5 Å². The Balaban J connectivity index is 1.33. The molecule has 1 N–H and O–H groups in total. The first kappa shape index (κ1) is 24.2. The van der Waals surface area contributed by atoms with Gasteiger partial charge in [-0.1, -0.05) is 24.3 Å². The highest BCUT2D eigenvalue weighted by molar-refractivity contribution is 5.76. The Bertz CT molecular complexity index is 1300. The highest BCUT2D eigenvalue weighted by atomic mass is 15.3. The summed E-state index contributed by atoms with van der Waals surface area (Å²) in [6.45, 7) is 10.1. The van der Waals surface area contributed by atoms with Crippen LogP contribution in [0.4, 0.5) is 5.82 Å². The fraction of sp³-hybridized carbons (Fsp3) is 0.345. The molecule has 0 aliphatic carbocycles. The van der Waals surface area contributed by atoms with Gasteiger partial charge in [-0.25, -0.2) is 4.98 Å². The molecule has 0 bridgehead atoms. The highest BCUT2D eigenvalue weighted by Crippen LogP contribution is 2.30. The Morgan fingerprint density at radius 3 is 2.19 bits per heavy atom. The van der Waals surface area contributed by atoms with Gasteiger partial charge in [-0.3, -0.25) is 19.5 Å². The Labute approximate surface area is 213 Å². The second-order valence-corrected chi connectivity index (χ2v) is 9.82. The van der Waals surface area contributed by atoms with E-state index in [1.54, 1.807) is 4.68 Å². The first-order chi connectivity index (χ1) is 17.5. The molecule has 1 fully saturated rings. The molecule has 7 nitrogen and oxygen atoms in total. The van der Waals surface area contributed by atoms with Crippen LogP contribution in [-0.2, 0) is 13.6 Å². The summed E-state index contributed by atoms with van der Waals surface area (Å²) in [7, 11) is 3.80. The number of aromatic nitrogens is 4. The van der Waals surface area contributed by atoms with Gasteiger partial charge in [0.2, 0.25) is 0 Å². The van der Waals surface area contributed by atoms with Crippen LogP contribution in [0.15, 0.2) is 67.1 Å². The minimum absolute atomic E-state index is 0.634. The molecule has 0 spiro atoms. The molecular formula is C29H35N7. The monoisotopic (exact) mass is 481 g/mol. The fourth-order valence-electron chi connectivity index (χ4n) is 4.76. The molecule has 4 aromatic rings. The van der Waals surface area contributed by atoms with Crippen LogP contribution in [0.1, 0.15) is 19.4 Å². The molecule has 36 heavy (non-hydrogen) atoms. The quantitative estimate of drug-likeness (QED) is 0.410. The third-order valence-electron chi connectivity index (χ3n) is 6.96. The van der Waals surface area contributed by atoms with Crippen molar-refractivity contribution < 1.29 is 0 Å². The maximum absolute atomic E-state index is 4.70. The van der Waals surface area contributed by atoms with Crippen LogP contribution >= 0.6 is 0 Å². The van der Waals surface area contributed by atoms with Crippen molar-refractivity contribution in [3.63, 3.8) is 0 Å². The lowest BCUT2D eigenvalue weighted by molar-refractivity contribution is 0.104. The van der Waals surface area contributed by atoms with Crippen LogP contribution in [0.5, 0.6) is 0 Å². The van der Waals surface area contributed by atoms with Crippen molar-refractivity contribution in [2.24, 2.45) is 7.05 Å². The average molecular weight is 482 g/mol. The average Bonchev–Trinajstić information content (AvgIpc) is 3.35. The molecular weight excluding hydrogens is 446 g/mol. The topological polar surface area (TPSA) is 62.1 Å². The van der Waals surface area contributed by atoms with E-state index >= 15 is 0 Å². The molecule has 1 saturated heterocycles. The highest BCUT2D eigenvalue weighted by Gasteiger charge is 2.18. The molecule has 1 aliphatic heterocycles. The van der Waals surface area contributed by atoms with E-state index in [0.717, 1.165) is 66.6 Å². The summed E-state index contributed by atoms with van der Waals surface area (Å²) in [5.41, 5.74) is 7.42. The van der Waals surface area contributed by atoms with Gasteiger partial charge in [-0.2, -0.15) is 5.10 Å². The number of rotatable bonds is 7. The number of hydrogen-bond donors (Lipinski definition) is 1. The van der Waals surface area contributed by atoms with Crippen molar-refractivity contribution in [2.75, 3.05) is 38.5 Å². The zero-order chi connectivity index (χ0) is 25.1. The van der Waals surface area contributed by atoms with Crippen molar-refractivity contribution in [2.45, 2.75) is 26.4 Å². The lowest BCUT2D eigenvalue weighted by Crippen LogP contribution is -2.48. The molecule has 0 radical (unpaired) electrons. The van der Waals surface area contributed by atoms with Crippen LogP contribution < -0.4 is 5.32 Å². The fourth-order valence-corrected chi connectivity index (χ4v) is 4.76. The minimum atomic E-state index is 0.634. The second-order valence-electron chi connectivity index (χ2n) is 9.82. The van der Waals surface area contributed by atoms with Gasteiger partial charge in [0.05, 0.1) is 5.69 Å². The third kappa shape index (κ3) is 5.48. The van der Waals surface area contributed by atoms with Crippen LogP contribution in [0, 0.1) is 0 Å². The summed E-state index contributed by atoms with van der Waals surface area (Å²) in [5.74, 6) is 0.803. The Kier molecular flexibility index (Phi) is 7.11. The molecule has 0 amide bonds. The molecule has 1 aliphatic rings. The molecule has 1 aromatic carbocycles. The van der Waals surface area contributed by atoms with E-state index in [1.807, 2.05) is 38.8 Å². The first-order valence-electron chi connectivity index (χ1n) is 12.7. The van der Waals surface area contributed by atoms with Gasteiger partial charge in [0.1, 0.15) is 11.5 Å². The van der Waals surface area contributed by atoms with Crippen molar-refractivity contribution in [3.8, 4) is 33.6 Å². The lowest BCUT2D eigenvalue weighted by Gasteiger charge is -2.36. The normalized spacial score (nSPS) is 14.9. The molecule has 5 rings (SSSR count). The number of benzene rings is 1. The number of piperazine rings is 1. The van der Waals surface area contributed by atoms with Crippen LogP contribution in [0.3, 0.4) is 0 Å². The summed E-state index contributed by atoms with van der Waals surface area (Å²) < 4.78 is 1.79. The van der Waals surface area contributed by atoms with Gasteiger partial charge in [0, 0.05) is 82.6 Å². The van der Waals surface area contributed by atoms with Gasteiger partial charge in [0.25, 0.3) is 0 Å². The predicted molar refractivity (Wildman–Crippen MR) is 147 cm³/mol. The van der Waals surface area contributed by atoms with E-state index in [4.69, 9.17) is 4.98 Å². The maximum Gasteiger partial charge on any atom is 0.127 e. The Morgan fingerprint density at radius 1 is 0.833 bits per heavy atom. The van der Waals surface area contributed by atoms with Gasteiger partial charge in [-0.05, 0) is 54.8 Å². The minimum Gasteiger partial charge on any atom is -0.373 e. The summed E-state index contributed by atoms with van der Waals surface area (Å²) in [6.07, 6.45) is 5.77. The number of aryl methyl sites for hydroxylation is 1. The SMILES string of the molecule is CNc1cc(-c2cncc(-c3ccc(CN4CCN(C(C)C)CC4)cc3)c2)cc(-c2ccn(C)n2)n1. The number of hydrogen-bond acceptors (Lipinski definition) is 6. The summed E-state index contributed by atoms with van der Waals surface area (Å²) in [5, 5.41) is 7.70. The summed E-state index contributed by atoms with van der Waals surface area (Å²) in [4.78, 5) is 14.4. The van der Waals surface area contributed by atoms with E-state index in [1.165, 1.54) is 11.1 Å². The molecule has 7 heteroatoms. The molecule has 0 saturated carbocycles. The van der Waals surface area contributed by atoms with E-state index in [0.29, 0.717) is 6.04 Å². The Morgan fingerprint density at radius 2 is 1.56 bits per heavy atom. The van der Waals surface area contributed by atoms with Crippen LogP contribution in [-0.4, -0.2) is 68.8 Å². The summed E-state index contributed by atoms with van der Waals surface area (Å²) in [6, 6.07) is 17.9. The van der Waals surface area contributed by atoms with Gasteiger partial charge >= 0.3 is 0 Å². The van der Waals surface area contributed by atoms with Crippen LogP contribution in [0.2, 0.25) is 0 Å². The number of nitrogens with zero attached hydrogens (tertiary/aromatic N) is 6. The number of pyridine rings is 2. The van der Waals surface area contributed by atoms with Crippen LogP contribution in [0.25, 0.3) is 33.6 Å². The number of nitrogens with one attached hydrogen (secondary N) is 1. The smallest absolute Gasteiger partial charge is 0.127 e. The zero-order valence-corrected chi connectivity index (χ0v) is 21.6. The van der Waals surface area contributed by atoms with E-state index in [9.17, 15) is 0 Å². The van der Waals surface area contributed by atoms with Gasteiger partial charge in [0.15, 0.2) is 0 Å². The molecule has 4 heterocycles. The van der Waals surface area contributed by atoms with Crippen molar-refractivity contribution in [1.29, 1.82) is 0 Å². The first-order valence-corrected chi connectivity index (χ1v) is 12.7. The number of anilines is 1. The molecule has 3 aromatic heterocycles. The maximum atomic E-state index is 4.70. The van der Waals surface area contributed by atoms with Gasteiger partial charge in [-0.15, -0.1) is 0 Å². The molecule has 0 unspecified atom stereocenters. The zero-order valence-electron chi connectivity index (χ0n) is 21.6. The van der Waals surface area contributed by atoms with Crippen molar-refractivity contribution >= 4 is 5.82 Å². The van der Waals surface area contributed by atoms with E-state index in [-0.39, 0.29) is 0 Å². The van der Waals surface area contributed by atoms with Crippen molar-refractivity contribution in [3.05, 3.63) is 72.7 Å². The molecule has 0 atom stereocenters. The standard InChI is InChI=1S/C29H35N7/c1-21(2)36-13-11-35(12-14-36)20-22-5-7-23(8-6-22)25-15-26(19-31-18-25)24-16-28(32-29(17-24)30-3)27-9-10-34(4)33-27/h5-10,15-19,21H,11-14,20H2,1-4H3,(H,30,32). The van der Waals surface area contributed by atoms with Gasteiger partial charge < -0.3 is 5.32 Å². The third-order valence-corrected chi connectivity index (χ3v) is 6.96.